The molecule has 0 saturated heterocycles. The van der Waals surface area contributed by atoms with Crippen LogP contribution in [0.25, 0.3) is 11.3 Å². The van der Waals surface area contributed by atoms with Crippen molar-refractivity contribution in [1.29, 1.82) is 0 Å². The van der Waals surface area contributed by atoms with Gasteiger partial charge in [0, 0.05) is 49.5 Å². The average Bonchev–Trinajstić information content (AvgIpc) is 2.88. The maximum atomic E-state index is 4.54. The van der Waals surface area contributed by atoms with Crippen molar-refractivity contribution in [2.24, 2.45) is 7.05 Å². The van der Waals surface area contributed by atoms with E-state index in [2.05, 4.69) is 27.3 Å². The summed E-state index contributed by atoms with van der Waals surface area (Å²) in [6.07, 6.45) is 9.27. The van der Waals surface area contributed by atoms with Gasteiger partial charge in [0.15, 0.2) is 0 Å². The number of hydrogen-bond donors (Lipinski definition) is 1. The highest BCUT2D eigenvalue weighted by Gasteiger charge is 2.10. The van der Waals surface area contributed by atoms with Gasteiger partial charge in [-0.2, -0.15) is 5.10 Å². The molecule has 1 N–H and O–H groups in total. The second-order valence-electron chi connectivity index (χ2n) is 4.96. The zero-order valence-corrected chi connectivity index (χ0v) is 12.1. The monoisotopic (exact) mass is 279 g/mol. The minimum Gasteiger partial charge on any atom is -0.379 e. The Bertz CT molecular complexity index is 733. The van der Waals surface area contributed by atoms with Crippen molar-refractivity contribution in [3.05, 3.63) is 60.3 Å². The minimum atomic E-state index is 0.699. The number of pyridine rings is 2. The fourth-order valence-electron chi connectivity index (χ4n) is 2.25. The molecule has 0 unspecified atom stereocenters. The number of aromatic nitrogens is 4. The van der Waals surface area contributed by atoms with E-state index in [-0.39, 0.29) is 0 Å². The largest absolute Gasteiger partial charge is 0.379 e. The van der Waals surface area contributed by atoms with Gasteiger partial charge in [-0.25, -0.2) is 0 Å². The first-order valence-corrected chi connectivity index (χ1v) is 6.81. The van der Waals surface area contributed by atoms with Crippen molar-refractivity contribution in [1.82, 2.24) is 19.7 Å². The van der Waals surface area contributed by atoms with Gasteiger partial charge < -0.3 is 5.32 Å². The van der Waals surface area contributed by atoms with Gasteiger partial charge in [0.1, 0.15) is 0 Å². The Kier molecular flexibility index (Phi) is 3.64. The molecule has 0 bridgehead atoms. The van der Waals surface area contributed by atoms with E-state index in [0.29, 0.717) is 6.54 Å². The Labute approximate surface area is 123 Å². The van der Waals surface area contributed by atoms with E-state index in [0.717, 1.165) is 22.5 Å². The lowest BCUT2D eigenvalue weighted by Gasteiger charge is -2.08. The Morgan fingerprint density at radius 2 is 2.00 bits per heavy atom. The topological polar surface area (TPSA) is 55.6 Å². The molecule has 0 fully saturated rings. The summed E-state index contributed by atoms with van der Waals surface area (Å²) in [6.45, 7) is 2.76. The molecule has 0 spiro atoms. The van der Waals surface area contributed by atoms with Crippen molar-refractivity contribution in [3.63, 3.8) is 0 Å². The van der Waals surface area contributed by atoms with Crippen molar-refractivity contribution in [2.45, 2.75) is 13.5 Å². The van der Waals surface area contributed by atoms with Crippen molar-refractivity contribution >= 4 is 5.69 Å². The Morgan fingerprint density at radius 3 is 2.76 bits per heavy atom. The number of rotatable bonds is 4. The average molecular weight is 279 g/mol. The van der Waals surface area contributed by atoms with E-state index in [1.807, 2.05) is 48.5 Å². The van der Waals surface area contributed by atoms with Crippen LogP contribution in [0.3, 0.4) is 0 Å². The fraction of sp³-hybridized carbons (Fsp3) is 0.188. The van der Waals surface area contributed by atoms with E-state index < -0.39 is 0 Å². The predicted molar refractivity (Wildman–Crippen MR) is 82.7 cm³/mol. The summed E-state index contributed by atoms with van der Waals surface area (Å²) in [5, 5.41) is 7.95. The lowest BCUT2D eigenvalue weighted by Crippen LogP contribution is -2.02. The standard InChI is InChI=1S/C16H17N5/c1-12-5-7-18-10-15(12)19-9-14-11-21(2)20-16(14)13-4-3-6-17-8-13/h3-8,10-11,19H,9H2,1-2H3. The smallest absolute Gasteiger partial charge is 0.0988 e. The number of nitrogens with one attached hydrogen (secondary N) is 1. The Balaban J connectivity index is 1.85. The van der Waals surface area contributed by atoms with E-state index in [9.17, 15) is 0 Å². The summed E-state index contributed by atoms with van der Waals surface area (Å²) in [5.74, 6) is 0. The van der Waals surface area contributed by atoms with Crippen LogP contribution in [0, 0.1) is 6.92 Å². The lowest BCUT2D eigenvalue weighted by atomic mass is 10.1. The fourth-order valence-corrected chi connectivity index (χ4v) is 2.25. The molecule has 0 aliphatic heterocycles. The number of nitrogens with zero attached hydrogens (tertiary/aromatic N) is 4. The number of anilines is 1. The van der Waals surface area contributed by atoms with Gasteiger partial charge in [-0.05, 0) is 30.7 Å². The third kappa shape index (κ3) is 2.91. The zero-order valence-electron chi connectivity index (χ0n) is 12.1. The van der Waals surface area contributed by atoms with Crippen LogP contribution in [-0.4, -0.2) is 19.7 Å². The molecule has 0 aliphatic rings. The quantitative estimate of drug-likeness (QED) is 0.798. The van der Waals surface area contributed by atoms with Crippen LogP contribution in [0.4, 0.5) is 5.69 Å². The van der Waals surface area contributed by atoms with Gasteiger partial charge in [0.05, 0.1) is 17.6 Å². The number of hydrogen-bond acceptors (Lipinski definition) is 4. The van der Waals surface area contributed by atoms with Crippen LogP contribution in [0.1, 0.15) is 11.1 Å². The third-order valence-electron chi connectivity index (χ3n) is 3.35. The van der Waals surface area contributed by atoms with Gasteiger partial charge in [0.2, 0.25) is 0 Å². The molecule has 0 amide bonds. The molecule has 0 aromatic carbocycles. The Hall–Kier alpha value is -2.69. The van der Waals surface area contributed by atoms with Gasteiger partial charge in [-0.15, -0.1) is 0 Å². The van der Waals surface area contributed by atoms with Crippen LogP contribution < -0.4 is 5.32 Å². The van der Waals surface area contributed by atoms with Crippen LogP contribution >= 0.6 is 0 Å². The zero-order chi connectivity index (χ0) is 14.7. The van der Waals surface area contributed by atoms with Crippen LogP contribution in [0.15, 0.2) is 49.2 Å². The first-order valence-electron chi connectivity index (χ1n) is 6.81. The molecule has 3 aromatic heterocycles. The number of aryl methyl sites for hydroxylation is 2. The molecule has 106 valence electrons. The minimum absolute atomic E-state index is 0.699. The maximum absolute atomic E-state index is 4.54. The van der Waals surface area contributed by atoms with Gasteiger partial charge in [-0.3, -0.25) is 14.6 Å². The van der Waals surface area contributed by atoms with Crippen molar-refractivity contribution in [3.8, 4) is 11.3 Å². The summed E-state index contributed by atoms with van der Waals surface area (Å²) in [7, 11) is 1.93. The molecule has 0 atom stereocenters. The maximum Gasteiger partial charge on any atom is 0.0988 e. The lowest BCUT2D eigenvalue weighted by molar-refractivity contribution is 0.770. The second-order valence-corrected chi connectivity index (χ2v) is 4.96. The molecule has 3 rings (SSSR count). The van der Waals surface area contributed by atoms with E-state index in [4.69, 9.17) is 0 Å². The summed E-state index contributed by atoms with van der Waals surface area (Å²) >= 11 is 0. The molecule has 0 saturated carbocycles. The van der Waals surface area contributed by atoms with Gasteiger partial charge >= 0.3 is 0 Å². The highest BCUT2D eigenvalue weighted by molar-refractivity contribution is 5.62. The molecule has 3 aromatic rings. The molecule has 3 heterocycles. The van der Waals surface area contributed by atoms with Crippen LogP contribution in [-0.2, 0) is 13.6 Å². The van der Waals surface area contributed by atoms with Crippen molar-refractivity contribution < 1.29 is 0 Å². The molecular weight excluding hydrogens is 262 g/mol. The van der Waals surface area contributed by atoms with E-state index >= 15 is 0 Å². The van der Waals surface area contributed by atoms with Crippen molar-refractivity contribution in [2.75, 3.05) is 5.32 Å². The summed E-state index contributed by atoms with van der Waals surface area (Å²) < 4.78 is 1.83. The molecule has 5 heteroatoms. The third-order valence-corrected chi connectivity index (χ3v) is 3.35. The molecular formula is C16H17N5. The van der Waals surface area contributed by atoms with Gasteiger partial charge in [-0.1, -0.05) is 0 Å². The van der Waals surface area contributed by atoms with Crippen LogP contribution in [0.2, 0.25) is 0 Å². The summed E-state index contributed by atoms with van der Waals surface area (Å²) in [5.41, 5.74) is 5.33. The normalized spacial score (nSPS) is 10.6. The molecule has 0 aliphatic carbocycles. The predicted octanol–water partition coefficient (Wildman–Crippen LogP) is 2.80. The first kappa shape index (κ1) is 13.3. The molecule has 21 heavy (non-hydrogen) atoms. The summed E-state index contributed by atoms with van der Waals surface area (Å²) in [6, 6.07) is 5.94. The Morgan fingerprint density at radius 1 is 1.14 bits per heavy atom. The van der Waals surface area contributed by atoms with Gasteiger partial charge in [0.25, 0.3) is 0 Å². The van der Waals surface area contributed by atoms with E-state index in [1.54, 1.807) is 12.4 Å². The highest BCUT2D eigenvalue weighted by Crippen LogP contribution is 2.22. The highest BCUT2D eigenvalue weighted by atomic mass is 15.3. The summed E-state index contributed by atoms with van der Waals surface area (Å²) in [4.78, 5) is 8.31. The molecule has 0 radical (unpaired) electrons. The SMILES string of the molecule is Cc1ccncc1NCc1cn(C)nc1-c1cccnc1. The second kappa shape index (κ2) is 5.75. The first-order chi connectivity index (χ1) is 10.2. The van der Waals surface area contributed by atoms with Crippen LogP contribution in [0.5, 0.6) is 0 Å². The van der Waals surface area contributed by atoms with E-state index in [1.165, 1.54) is 5.56 Å². The molecule has 5 nitrogen and oxygen atoms in total.